The first-order chi connectivity index (χ1) is 8.99. The molecule has 1 heterocycles. The molecule has 0 spiro atoms. The lowest BCUT2D eigenvalue weighted by Crippen LogP contribution is -2.23. The van der Waals surface area contributed by atoms with Crippen molar-refractivity contribution in [3.63, 3.8) is 0 Å². The van der Waals surface area contributed by atoms with Crippen LogP contribution in [0, 0.1) is 0 Å². The lowest BCUT2D eigenvalue weighted by Gasteiger charge is -2.06. The average molecular weight is 296 g/mol. The molecule has 2 aromatic rings. The molecule has 0 amide bonds. The van der Waals surface area contributed by atoms with Crippen LogP contribution in [0.3, 0.4) is 0 Å². The number of thiocarbonyl (C=S) groups is 1. The largest absolute Gasteiger partial charge is 0.472 e. The van der Waals surface area contributed by atoms with Gasteiger partial charge in [0.05, 0.1) is 17.4 Å². The molecule has 0 fully saturated rings. The van der Waals surface area contributed by atoms with Gasteiger partial charge in [-0.05, 0) is 18.2 Å². The molecule has 3 N–H and O–H groups in total. The molecule has 0 radical (unpaired) electrons. The smallest absolute Gasteiger partial charge is 0.240 e. The SMILES string of the molecule is NC(=S)c1ccc(S(=O)(=O)NCc2ccoc2)cc1. The van der Waals surface area contributed by atoms with Crippen molar-refractivity contribution in [2.75, 3.05) is 0 Å². The Morgan fingerprint density at radius 2 is 1.95 bits per heavy atom. The van der Waals surface area contributed by atoms with E-state index in [2.05, 4.69) is 4.72 Å². The minimum absolute atomic E-state index is 0.163. The Kier molecular flexibility index (Phi) is 3.98. The topological polar surface area (TPSA) is 85.3 Å². The molecular formula is C12H12N2O3S2. The van der Waals surface area contributed by atoms with E-state index >= 15 is 0 Å². The number of nitrogens with two attached hydrogens (primary N) is 1. The number of rotatable bonds is 5. The molecule has 19 heavy (non-hydrogen) atoms. The van der Waals surface area contributed by atoms with Crippen LogP contribution in [0.1, 0.15) is 11.1 Å². The zero-order valence-electron chi connectivity index (χ0n) is 9.87. The summed E-state index contributed by atoms with van der Waals surface area (Å²) < 4.78 is 31.3. The highest BCUT2D eigenvalue weighted by Crippen LogP contribution is 2.11. The molecule has 0 bridgehead atoms. The van der Waals surface area contributed by atoms with Crippen LogP contribution in [0.15, 0.2) is 52.2 Å². The van der Waals surface area contributed by atoms with Gasteiger partial charge < -0.3 is 10.2 Å². The van der Waals surface area contributed by atoms with Crippen LogP contribution in [0.25, 0.3) is 0 Å². The van der Waals surface area contributed by atoms with Gasteiger partial charge in [-0.3, -0.25) is 0 Å². The number of furan rings is 1. The quantitative estimate of drug-likeness (QED) is 0.814. The van der Waals surface area contributed by atoms with Crippen LogP contribution in [0.2, 0.25) is 0 Å². The number of nitrogens with one attached hydrogen (secondary N) is 1. The molecule has 100 valence electrons. The van der Waals surface area contributed by atoms with Crippen LogP contribution < -0.4 is 10.5 Å². The fraction of sp³-hybridized carbons (Fsp3) is 0.0833. The first-order valence-electron chi connectivity index (χ1n) is 5.39. The van der Waals surface area contributed by atoms with Gasteiger partial charge in [-0.1, -0.05) is 24.4 Å². The standard InChI is InChI=1S/C12H12N2O3S2/c13-12(18)10-1-3-11(4-2-10)19(15,16)14-7-9-5-6-17-8-9/h1-6,8,14H,7H2,(H2,13,18). The summed E-state index contributed by atoms with van der Waals surface area (Å²) in [6.07, 6.45) is 2.97. The van der Waals surface area contributed by atoms with Crippen molar-refractivity contribution in [3.05, 3.63) is 54.0 Å². The van der Waals surface area contributed by atoms with E-state index in [9.17, 15) is 8.42 Å². The van der Waals surface area contributed by atoms with Crippen LogP contribution >= 0.6 is 12.2 Å². The third-order valence-electron chi connectivity index (χ3n) is 2.50. The van der Waals surface area contributed by atoms with E-state index in [0.29, 0.717) is 5.56 Å². The number of hydrogen-bond donors (Lipinski definition) is 2. The van der Waals surface area contributed by atoms with Gasteiger partial charge in [0.25, 0.3) is 0 Å². The maximum absolute atomic E-state index is 12.0. The lowest BCUT2D eigenvalue weighted by molar-refractivity contribution is 0.561. The lowest BCUT2D eigenvalue weighted by atomic mass is 10.2. The molecule has 0 atom stereocenters. The summed E-state index contributed by atoms with van der Waals surface area (Å²) in [4.78, 5) is 0.395. The van der Waals surface area contributed by atoms with Crippen LogP contribution in [-0.2, 0) is 16.6 Å². The molecule has 1 aromatic heterocycles. The van der Waals surface area contributed by atoms with Gasteiger partial charge in [0.2, 0.25) is 10.0 Å². The van der Waals surface area contributed by atoms with Gasteiger partial charge in [-0.2, -0.15) is 0 Å². The third kappa shape index (κ3) is 3.40. The molecule has 7 heteroatoms. The molecule has 2 rings (SSSR count). The maximum atomic E-state index is 12.0. The van der Waals surface area contributed by atoms with E-state index in [-0.39, 0.29) is 16.4 Å². The number of sulfonamides is 1. The molecular weight excluding hydrogens is 284 g/mol. The van der Waals surface area contributed by atoms with Crippen molar-refractivity contribution in [2.24, 2.45) is 5.73 Å². The van der Waals surface area contributed by atoms with E-state index in [1.54, 1.807) is 18.2 Å². The van der Waals surface area contributed by atoms with Gasteiger partial charge in [-0.25, -0.2) is 13.1 Å². The van der Waals surface area contributed by atoms with Gasteiger partial charge in [-0.15, -0.1) is 0 Å². The van der Waals surface area contributed by atoms with Crippen molar-refractivity contribution in [3.8, 4) is 0 Å². The van der Waals surface area contributed by atoms with E-state index < -0.39 is 10.0 Å². The second-order valence-electron chi connectivity index (χ2n) is 3.84. The maximum Gasteiger partial charge on any atom is 0.240 e. The van der Waals surface area contributed by atoms with Crippen molar-refractivity contribution < 1.29 is 12.8 Å². The normalized spacial score (nSPS) is 11.4. The number of benzene rings is 1. The predicted octanol–water partition coefficient (Wildman–Crippen LogP) is 1.39. The molecule has 0 aliphatic rings. The zero-order chi connectivity index (χ0) is 13.9. The van der Waals surface area contributed by atoms with Crippen molar-refractivity contribution >= 4 is 27.2 Å². The van der Waals surface area contributed by atoms with E-state index in [1.165, 1.54) is 24.7 Å². The Morgan fingerprint density at radius 3 is 2.47 bits per heavy atom. The van der Waals surface area contributed by atoms with Crippen LogP contribution in [0.4, 0.5) is 0 Å². The van der Waals surface area contributed by atoms with Gasteiger partial charge in [0.15, 0.2) is 0 Å². The van der Waals surface area contributed by atoms with E-state index in [0.717, 1.165) is 5.56 Å². The summed E-state index contributed by atoms with van der Waals surface area (Å²) in [5.74, 6) is 0. The molecule has 5 nitrogen and oxygen atoms in total. The highest BCUT2D eigenvalue weighted by molar-refractivity contribution is 7.89. The molecule has 0 aliphatic carbocycles. The Balaban J connectivity index is 2.13. The third-order valence-corrected chi connectivity index (χ3v) is 4.15. The Hall–Kier alpha value is -1.70. The minimum atomic E-state index is -3.55. The molecule has 0 saturated carbocycles. The van der Waals surface area contributed by atoms with Gasteiger partial charge in [0.1, 0.15) is 4.99 Å². The summed E-state index contributed by atoms with van der Waals surface area (Å²) in [6, 6.07) is 7.78. The zero-order valence-corrected chi connectivity index (χ0v) is 11.5. The first-order valence-corrected chi connectivity index (χ1v) is 7.29. The highest BCUT2D eigenvalue weighted by atomic mass is 32.2. The molecule has 0 saturated heterocycles. The van der Waals surface area contributed by atoms with Gasteiger partial charge >= 0.3 is 0 Å². The monoisotopic (exact) mass is 296 g/mol. The van der Waals surface area contributed by atoms with Crippen LogP contribution in [-0.4, -0.2) is 13.4 Å². The van der Waals surface area contributed by atoms with E-state index in [4.69, 9.17) is 22.4 Å². The summed E-state index contributed by atoms with van der Waals surface area (Å²) in [6.45, 7) is 0.176. The van der Waals surface area contributed by atoms with Gasteiger partial charge in [0, 0.05) is 17.7 Å². The Morgan fingerprint density at radius 1 is 1.26 bits per heavy atom. The average Bonchev–Trinajstić information content (AvgIpc) is 2.90. The van der Waals surface area contributed by atoms with Crippen molar-refractivity contribution in [1.82, 2.24) is 4.72 Å². The molecule has 1 aromatic carbocycles. The van der Waals surface area contributed by atoms with Crippen LogP contribution in [0.5, 0.6) is 0 Å². The minimum Gasteiger partial charge on any atom is -0.472 e. The first kappa shape index (κ1) is 13.7. The fourth-order valence-corrected chi connectivity index (χ4v) is 2.61. The second-order valence-corrected chi connectivity index (χ2v) is 6.05. The fourth-order valence-electron chi connectivity index (χ4n) is 1.45. The summed E-state index contributed by atoms with van der Waals surface area (Å²) in [5, 5.41) is 0. The predicted molar refractivity (Wildman–Crippen MR) is 75.1 cm³/mol. The summed E-state index contributed by atoms with van der Waals surface area (Å²) >= 11 is 4.81. The van der Waals surface area contributed by atoms with Crippen molar-refractivity contribution in [1.29, 1.82) is 0 Å². The Labute approximate surface area is 116 Å². The van der Waals surface area contributed by atoms with Crippen molar-refractivity contribution in [2.45, 2.75) is 11.4 Å². The second kappa shape index (κ2) is 5.52. The summed E-state index contributed by atoms with van der Waals surface area (Å²) in [7, 11) is -3.55. The molecule has 0 unspecified atom stereocenters. The summed E-state index contributed by atoms with van der Waals surface area (Å²) in [5.41, 5.74) is 6.83. The van der Waals surface area contributed by atoms with E-state index in [1.807, 2.05) is 0 Å². The highest BCUT2D eigenvalue weighted by Gasteiger charge is 2.13. The number of hydrogen-bond acceptors (Lipinski definition) is 4. The Bertz CT molecular complexity index is 662. The molecule has 0 aliphatic heterocycles.